The van der Waals surface area contributed by atoms with Crippen molar-refractivity contribution in [3.63, 3.8) is 0 Å². The first-order valence-electron chi connectivity index (χ1n) is 8.03. The van der Waals surface area contributed by atoms with Crippen molar-refractivity contribution in [1.29, 1.82) is 5.41 Å². The molecule has 0 aliphatic heterocycles. The van der Waals surface area contributed by atoms with E-state index in [0.29, 0.717) is 12.8 Å². The standard InChI is InChI=1S/C17H23N3O6/c1-20(12-14(21)22)16(18)19-17(24)26-11-5-10-25-15(23)9-8-13-6-3-2-4-7-13/h2-4,6-7H,5,8-12H2,1H3,(H,21,22)(H2,18,19,24). The van der Waals surface area contributed by atoms with Gasteiger partial charge in [-0.05, 0) is 12.0 Å². The minimum absolute atomic E-state index is 0.00766. The SMILES string of the molecule is CN(CC(=O)O)C(=N)NC(=O)OCCCOC(=O)CCc1ccccc1. The number of carbonyl (C=O) groups is 3. The summed E-state index contributed by atoms with van der Waals surface area (Å²) in [4.78, 5) is 34.6. The van der Waals surface area contributed by atoms with Gasteiger partial charge < -0.3 is 19.5 Å². The van der Waals surface area contributed by atoms with Crippen molar-refractivity contribution in [3.8, 4) is 0 Å². The van der Waals surface area contributed by atoms with Gasteiger partial charge in [0.1, 0.15) is 6.54 Å². The van der Waals surface area contributed by atoms with Crippen LogP contribution in [-0.2, 0) is 25.5 Å². The maximum atomic E-state index is 11.6. The second-order valence-corrected chi connectivity index (χ2v) is 5.42. The third kappa shape index (κ3) is 9.26. The average Bonchev–Trinajstić information content (AvgIpc) is 2.60. The number of amides is 1. The van der Waals surface area contributed by atoms with Gasteiger partial charge in [0.15, 0.2) is 0 Å². The van der Waals surface area contributed by atoms with Gasteiger partial charge in [0.25, 0.3) is 0 Å². The van der Waals surface area contributed by atoms with Gasteiger partial charge in [-0.3, -0.25) is 20.3 Å². The van der Waals surface area contributed by atoms with Crippen LogP contribution in [0.4, 0.5) is 4.79 Å². The van der Waals surface area contributed by atoms with E-state index in [1.54, 1.807) is 0 Å². The Morgan fingerprint density at radius 1 is 1.15 bits per heavy atom. The minimum Gasteiger partial charge on any atom is -0.480 e. The monoisotopic (exact) mass is 365 g/mol. The quantitative estimate of drug-likeness (QED) is 0.260. The van der Waals surface area contributed by atoms with E-state index >= 15 is 0 Å². The number of hydrogen-bond acceptors (Lipinski definition) is 6. The highest BCUT2D eigenvalue weighted by molar-refractivity contribution is 5.93. The second kappa shape index (κ2) is 11.5. The van der Waals surface area contributed by atoms with Gasteiger partial charge in [-0.15, -0.1) is 0 Å². The zero-order valence-corrected chi connectivity index (χ0v) is 14.6. The molecular formula is C17H23N3O6. The maximum absolute atomic E-state index is 11.6. The van der Waals surface area contributed by atoms with Crippen LogP contribution in [0.1, 0.15) is 18.4 Å². The molecule has 0 aliphatic carbocycles. The van der Waals surface area contributed by atoms with Crippen LogP contribution in [0.3, 0.4) is 0 Å². The van der Waals surface area contributed by atoms with Gasteiger partial charge >= 0.3 is 18.0 Å². The molecular weight excluding hydrogens is 342 g/mol. The van der Waals surface area contributed by atoms with Crippen LogP contribution in [0.15, 0.2) is 30.3 Å². The van der Waals surface area contributed by atoms with Crippen LogP contribution in [0.5, 0.6) is 0 Å². The minimum atomic E-state index is -1.12. The molecule has 9 nitrogen and oxygen atoms in total. The van der Waals surface area contributed by atoms with Crippen molar-refractivity contribution < 1.29 is 29.0 Å². The molecule has 1 aromatic carbocycles. The van der Waals surface area contributed by atoms with E-state index in [4.69, 9.17) is 20.0 Å². The van der Waals surface area contributed by atoms with Gasteiger partial charge in [0, 0.05) is 19.9 Å². The topological polar surface area (TPSA) is 129 Å². The fourth-order valence-corrected chi connectivity index (χ4v) is 1.88. The number of aliphatic carboxylic acids is 1. The first kappa shape index (κ1) is 20.9. The molecule has 0 atom stereocenters. The van der Waals surface area contributed by atoms with Crippen molar-refractivity contribution in [2.45, 2.75) is 19.3 Å². The Morgan fingerprint density at radius 3 is 2.46 bits per heavy atom. The molecule has 0 spiro atoms. The molecule has 142 valence electrons. The molecule has 3 N–H and O–H groups in total. The van der Waals surface area contributed by atoms with Crippen LogP contribution in [0.25, 0.3) is 0 Å². The number of hydrogen-bond donors (Lipinski definition) is 3. The molecule has 0 fully saturated rings. The first-order valence-corrected chi connectivity index (χ1v) is 8.03. The molecule has 0 saturated heterocycles. The van der Waals surface area contributed by atoms with Crippen molar-refractivity contribution >= 4 is 24.0 Å². The molecule has 0 bridgehead atoms. The second-order valence-electron chi connectivity index (χ2n) is 5.42. The lowest BCUT2D eigenvalue weighted by molar-refractivity contribution is -0.144. The highest BCUT2D eigenvalue weighted by atomic mass is 16.6. The van der Waals surface area contributed by atoms with E-state index in [-0.39, 0.29) is 31.6 Å². The Bertz CT molecular complexity index is 620. The van der Waals surface area contributed by atoms with Crippen molar-refractivity contribution in [3.05, 3.63) is 35.9 Å². The van der Waals surface area contributed by atoms with E-state index < -0.39 is 18.6 Å². The van der Waals surface area contributed by atoms with Gasteiger partial charge in [-0.1, -0.05) is 30.3 Å². The highest BCUT2D eigenvalue weighted by Gasteiger charge is 2.12. The lowest BCUT2D eigenvalue weighted by Gasteiger charge is -2.17. The number of benzene rings is 1. The molecule has 1 rings (SSSR count). The molecule has 0 aliphatic rings. The summed E-state index contributed by atoms with van der Waals surface area (Å²) in [6, 6.07) is 9.59. The van der Waals surface area contributed by atoms with Crippen molar-refractivity contribution in [2.75, 3.05) is 26.8 Å². The highest BCUT2D eigenvalue weighted by Crippen LogP contribution is 2.03. The number of ether oxygens (including phenoxy) is 2. The van der Waals surface area contributed by atoms with Crippen LogP contribution in [0, 0.1) is 5.41 Å². The third-order valence-electron chi connectivity index (χ3n) is 3.22. The molecule has 0 unspecified atom stereocenters. The number of esters is 1. The molecule has 26 heavy (non-hydrogen) atoms. The lowest BCUT2D eigenvalue weighted by atomic mass is 10.1. The summed E-state index contributed by atoms with van der Waals surface area (Å²) in [7, 11) is 1.35. The Hall–Kier alpha value is -3.10. The lowest BCUT2D eigenvalue weighted by Crippen LogP contribution is -2.43. The van der Waals surface area contributed by atoms with Crippen molar-refractivity contribution in [1.82, 2.24) is 10.2 Å². The third-order valence-corrected chi connectivity index (χ3v) is 3.22. The average molecular weight is 365 g/mol. The van der Waals surface area contributed by atoms with Crippen LogP contribution in [0.2, 0.25) is 0 Å². The molecule has 9 heteroatoms. The van der Waals surface area contributed by atoms with E-state index in [1.807, 2.05) is 30.3 Å². The summed E-state index contributed by atoms with van der Waals surface area (Å²) in [5.41, 5.74) is 1.06. The number of likely N-dealkylation sites (N-methyl/N-ethyl adjacent to an activating group) is 1. The Labute approximate surface area is 151 Å². The van der Waals surface area contributed by atoms with E-state index in [9.17, 15) is 14.4 Å². The summed E-state index contributed by atoms with van der Waals surface area (Å²) in [6.07, 6.45) is 0.328. The van der Waals surface area contributed by atoms with Gasteiger partial charge in [-0.2, -0.15) is 0 Å². The number of guanidine groups is 1. The molecule has 0 aromatic heterocycles. The molecule has 0 heterocycles. The van der Waals surface area contributed by atoms with Crippen molar-refractivity contribution in [2.24, 2.45) is 0 Å². The number of carbonyl (C=O) groups excluding carboxylic acids is 2. The normalized spacial score (nSPS) is 9.88. The van der Waals surface area contributed by atoms with Crippen LogP contribution >= 0.6 is 0 Å². The maximum Gasteiger partial charge on any atom is 0.413 e. The predicted octanol–water partition coefficient (Wildman–Crippen LogP) is 1.23. The van der Waals surface area contributed by atoms with Crippen LogP contribution in [-0.4, -0.2) is 60.8 Å². The zero-order valence-electron chi connectivity index (χ0n) is 14.6. The number of carboxylic acid groups (broad SMARTS) is 1. The molecule has 0 saturated carbocycles. The van der Waals surface area contributed by atoms with E-state index in [2.05, 4.69) is 5.32 Å². The zero-order chi connectivity index (χ0) is 19.4. The Kier molecular flexibility index (Phi) is 9.23. The number of aryl methyl sites for hydroxylation is 1. The fourth-order valence-electron chi connectivity index (χ4n) is 1.88. The summed E-state index contributed by atoms with van der Waals surface area (Å²) < 4.78 is 9.86. The fraction of sp³-hybridized carbons (Fsp3) is 0.412. The number of carboxylic acids is 1. The molecule has 1 amide bonds. The smallest absolute Gasteiger partial charge is 0.413 e. The molecule has 0 radical (unpaired) electrons. The Balaban J connectivity index is 2.08. The predicted molar refractivity (Wildman–Crippen MR) is 92.8 cm³/mol. The largest absolute Gasteiger partial charge is 0.480 e. The summed E-state index contributed by atoms with van der Waals surface area (Å²) in [5.74, 6) is -1.83. The van der Waals surface area contributed by atoms with E-state index in [0.717, 1.165) is 10.5 Å². The Morgan fingerprint density at radius 2 is 1.81 bits per heavy atom. The van der Waals surface area contributed by atoms with Gasteiger partial charge in [-0.25, -0.2) is 4.79 Å². The number of rotatable bonds is 9. The number of nitrogens with zero attached hydrogens (tertiary/aromatic N) is 1. The number of nitrogens with one attached hydrogen (secondary N) is 2. The van der Waals surface area contributed by atoms with Gasteiger partial charge in [0.2, 0.25) is 5.96 Å². The number of alkyl carbamates (subject to hydrolysis) is 1. The molecule has 1 aromatic rings. The summed E-state index contributed by atoms with van der Waals surface area (Å²) in [6.45, 7) is -0.289. The van der Waals surface area contributed by atoms with Gasteiger partial charge in [0.05, 0.1) is 13.2 Å². The van der Waals surface area contributed by atoms with Crippen LogP contribution < -0.4 is 5.32 Å². The summed E-state index contributed by atoms with van der Waals surface area (Å²) in [5, 5.41) is 18.2. The van der Waals surface area contributed by atoms with E-state index in [1.165, 1.54) is 7.05 Å². The first-order chi connectivity index (χ1) is 12.4. The summed E-state index contributed by atoms with van der Waals surface area (Å²) >= 11 is 0.